The van der Waals surface area contributed by atoms with Crippen LogP contribution in [0.25, 0.3) is 11.0 Å². The van der Waals surface area contributed by atoms with Gasteiger partial charge in [0, 0.05) is 13.6 Å². The van der Waals surface area contributed by atoms with Gasteiger partial charge in [0.1, 0.15) is 5.82 Å². The Labute approximate surface area is 143 Å². The molecule has 2 amide bonds. The van der Waals surface area contributed by atoms with Crippen LogP contribution < -0.4 is 11.1 Å². The van der Waals surface area contributed by atoms with E-state index in [1.54, 1.807) is 0 Å². The molecule has 6 heteroatoms. The van der Waals surface area contributed by atoms with Gasteiger partial charge in [0.15, 0.2) is 0 Å². The van der Waals surface area contributed by atoms with Crippen molar-refractivity contribution < 1.29 is 4.79 Å². The highest BCUT2D eigenvalue weighted by molar-refractivity contribution is 5.76. The van der Waals surface area contributed by atoms with Crippen LogP contribution >= 0.6 is 0 Å². The van der Waals surface area contributed by atoms with E-state index >= 15 is 0 Å². The van der Waals surface area contributed by atoms with Crippen LogP contribution in [0.3, 0.4) is 0 Å². The standard InChI is InChI=1S/C18H27N5O/c1-22(2)18(10-6-7-13(11-18)12-20-17(19)24)16-21-14-8-4-5-9-15(14)23(16)3/h4-5,8-9,13H,6-7,10-12H2,1-3H3,(H3,19,20,24)/t13?,18-/m1/s1. The van der Waals surface area contributed by atoms with Gasteiger partial charge in [-0.25, -0.2) is 9.78 Å². The van der Waals surface area contributed by atoms with Gasteiger partial charge in [-0.05, 0) is 51.4 Å². The van der Waals surface area contributed by atoms with Crippen molar-refractivity contribution in [1.82, 2.24) is 19.8 Å². The van der Waals surface area contributed by atoms with Gasteiger partial charge in [-0.2, -0.15) is 0 Å². The number of hydrogen-bond donors (Lipinski definition) is 2. The van der Waals surface area contributed by atoms with Crippen LogP contribution in [0.2, 0.25) is 0 Å². The van der Waals surface area contributed by atoms with E-state index in [1.807, 2.05) is 6.07 Å². The first kappa shape index (κ1) is 16.8. The maximum absolute atomic E-state index is 11.1. The Balaban J connectivity index is 1.98. The zero-order chi connectivity index (χ0) is 17.3. The lowest BCUT2D eigenvalue weighted by Gasteiger charge is -2.45. The molecule has 0 radical (unpaired) electrons. The highest BCUT2D eigenvalue weighted by Crippen LogP contribution is 2.43. The zero-order valence-electron chi connectivity index (χ0n) is 14.7. The molecule has 1 fully saturated rings. The van der Waals surface area contributed by atoms with Gasteiger partial charge in [-0.3, -0.25) is 4.90 Å². The normalized spacial score (nSPS) is 24.4. The van der Waals surface area contributed by atoms with Crippen molar-refractivity contribution in [3.63, 3.8) is 0 Å². The smallest absolute Gasteiger partial charge is 0.312 e. The number of carbonyl (C=O) groups is 1. The van der Waals surface area contributed by atoms with E-state index in [0.717, 1.165) is 42.5 Å². The van der Waals surface area contributed by atoms with Crippen molar-refractivity contribution in [3.8, 4) is 0 Å². The van der Waals surface area contributed by atoms with E-state index in [-0.39, 0.29) is 5.54 Å². The van der Waals surface area contributed by atoms with Crippen LogP contribution in [0.5, 0.6) is 0 Å². The van der Waals surface area contributed by atoms with Crippen LogP contribution in [0, 0.1) is 5.92 Å². The lowest BCUT2D eigenvalue weighted by atomic mass is 9.74. The summed E-state index contributed by atoms with van der Waals surface area (Å²) < 4.78 is 2.22. The monoisotopic (exact) mass is 329 g/mol. The topological polar surface area (TPSA) is 76.2 Å². The molecule has 2 aromatic rings. The Morgan fingerprint density at radius 2 is 2.21 bits per heavy atom. The molecular weight excluding hydrogens is 302 g/mol. The quantitative estimate of drug-likeness (QED) is 0.903. The largest absolute Gasteiger partial charge is 0.352 e. The molecule has 3 N–H and O–H groups in total. The molecule has 0 spiro atoms. The molecule has 1 aliphatic carbocycles. The van der Waals surface area contributed by atoms with Crippen molar-refractivity contribution in [2.75, 3.05) is 20.6 Å². The number of fused-ring (bicyclic) bond motifs is 1. The number of nitrogens with two attached hydrogens (primary N) is 1. The van der Waals surface area contributed by atoms with Gasteiger partial charge in [0.05, 0.1) is 16.6 Å². The fraction of sp³-hybridized carbons (Fsp3) is 0.556. The third-order valence-corrected chi connectivity index (χ3v) is 5.45. The summed E-state index contributed by atoms with van der Waals surface area (Å²) in [6.07, 6.45) is 4.27. The van der Waals surface area contributed by atoms with Crippen LogP contribution in [0.1, 0.15) is 31.5 Å². The van der Waals surface area contributed by atoms with E-state index in [9.17, 15) is 4.79 Å². The predicted octanol–water partition coefficient (Wildman–Crippen LogP) is 2.19. The molecule has 0 aliphatic heterocycles. The summed E-state index contributed by atoms with van der Waals surface area (Å²) in [4.78, 5) is 18.3. The first-order valence-corrected chi connectivity index (χ1v) is 8.57. The van der Waals surface area contributed by atoms with Gasteiger partial charge in [-0.15, -0.1) is 0 Å². The Morgan fingerprint density at radius 1 is 1.46 bits per heavy atom. The molecule has 0 bridgehead atoms. The second kappa shape index (κ2) is 6.43. The van der Waals surface area contributed by atoms with Crippen LogP contribution in [0.4, 0.5) is 4.79 Å². The molecule has 1 heterocycles. The van der Waals surface area contributed by atoms with Crippen molar-refractivity contribution in [2.45, 2.75) is 31.2 Å². The van der Waals surface area contributed by atoms with E-state index in [1.165, 1.54) is 0 Å². The predicted molar refractivity (Wildman–Crippen MR) is 95.6 cm³/mol. The molecule has 24 heavy (non-hydrogen) atoms. The third kappa shape index (κ3) is 2.86. The lowest BCUT2D eigenvalue weighted by molar-refractivity contribution is 0.0588. The average molecular weight is 329 g/mol. The van der Waals surface area contributed by atoms with Gasteiger partial charge in [0.2, 0.25) is 0 Å². The van der Waals surface area contributed by atoms with Crippen molar-refractivity contribution in [3.05, 3.63) is 30.1 Å². The summed E-state index contributed by atoms with van der Waals surface area (Å²) in [7, 11) is 6.35. The second-order valence-electron chi connectivity index (χ2n) is 7.12. The molecule has 1 aromatic carbocycles. The molecule has 1 unspecified atom stereocenters. The fourth-order valence-corrected chi connectivity index (χ4v) is 4.16. The minimum Gasteiger partial charge on any atom is -0.352 e. The zero-order valence-corrected chi connectivity index (χ0v) is 14.7. The number of benzene rings is 1. The lowest BCUT2D eigenvalue weighted by Crippen LogP contribution is -2.48. The Hall–Kier alpha value is -2.08. The molecule has 1 aromatic heterocycles. The first-order chi connectivity index (χ1) is 11.4. The Kier molecular flexibility index (Phi) is 4.49. The first-order valence-electron chi connectivity index (χ1n) is 8.57. The van der Waals surface area contributed by atoms with Gasteiger partial charge < -0.3 is 15.6 Å². The van der Waals surface area contributed by atoms with Crippen molar-refractivity contribution in [1.29, 1.82) is 0 Å². The number of imidazole rings is 1. The average Bonchev–Trinajstić information content (AvgIpc) is 2.91. The number of para-hydroxylation sites is 2. The molecule has 2 atom stereocenters. The SMILES string of the molecule is CN(C)[C@]1(c2nc3ccccc3n2C)CCCC(CNC(N)=O)C1. The van der Waals surface area contributed by atoms with E-state index in [4.69, 9.17) is 10.7 Å². The number of primary amides is 1. The summed E-state index contributed by atoms with van der Waals surface area (Å²) in [6, 6.07) is 7.82. The molecular formula is C18H27N5O. The van der Waals surface area contributed by atoms with Crippen molar-refractivity contribution in [2.24, 2.45) is 18.7 Å². The highest BCUT2D eigenvalue weighted by atomic mass is 16.2. The summed E-state index contributed by atoms with van der Waals surface area (Å²) >= 11 is 0. The highest BCUT2D eigenvalue weighted by Gasteiger charge is 2.43. The number of aryl methyl sites for hydroxylation is 1. The minimum absolute atomic E-state index is 0.115. The molecule has 6 nitrogen and oxygen atoms in total. The van der Waals surface area contributed by atoms with E-state index in [2.05, 4.69) is 54.1 Å². The van der Waals surface area contributed by atoms with Crippen LogP contribution in [-0.4, -0.2) is 41.1 Å². The van der Waals surface area contributed by atoms with E-state index < -0.39 is 6.03 Å². The maximum Gasteiger partial charge on any atom is 0.312 e. The summed E-state index contributed by atoms with van der Waals surface area (Å²) in [5.41, 5.74) is 7.33. The number of nitrogens with zero attached hydrogens (tertiary/aromatic N) is 3. The Morgan fingerprint density at radius 3 is 2.88 bits per heavy atom. The number of hydrogen-bond acceptors (Lipinski definition) is 3. The number of nitrogens with one attached hydrogen (secondary N) is 1. The number of carbonyl (C=O) groups excluding carboxylic acids is 1. The molecule has 0 saturated heterocycles. The van der Waals surface area contributed by atoms with Gasteiger partial charge in [-0.1, -0.05) is 18.6 Å². The summed E-state index contributed by atoms with van der Waals surface area (Å²) in [5, 5.41) is 2.78. The van der Waals surface area contributed by atoms with Gasteiger partial charge in [0.25, 0.3) is 0 Å². The molecule has 1 saturated carbocycles. The Bertz CT molecular complexity index is 738. The fourth-order valence-electron chi connectivity index (χ4n) is 4.16. The van der Waals surface area contributed by atoms with Crippen LogP contribution in [-0.2, 0) is 12.6 Å². The molecule has 3 rings (SSSR count). The third-order valence-electron chi connectivity index (χ3n) is 5.45. The number of aromatic nitrogens is 2. The summed E-state index contributed by atoms with van der Waals surface area (Å²) in [5.74, 6) is 1.52. The second-order valence-corrected chi connectivity index (χ2v) is 7.12. The number of rotatable bonds is 4. The minimum atomic E-state index is -0.446. The summed E-state index contributed by atoms with van der Waals surface area (Å²) in [6.45, 7) is 0.634. The molecule has 1 aliphatic rings. The number of urea groups is 1. The van der Waals surface area contributed by atoms with Crippen LogP contribution in [0.15, 0.2) is 24.3 Å². The van der Waals surface area contributed by atoms with E-state index in [0.29, 0.717) is 12.5 Å². The molecule has 130 valence electrons. The number of amides is 2. The van der Waals surface area contributed by atoms with Crippen molar-refractivity contribution >= 4 is 17.1 Å². The maximum atomic E-state index is 11.1. The van der Waals surface area contributed by atoms with Gasteiger partial charge >= 0.3 is 6.03 Å².